The Bertz CT molecular complexity index is 665. The maximum absolute atomic E-state index is 13.1. The molecule has 0 N–H and O–H groups in total. The SMILES string of the molecule is CC(C)(C)c1ccccc1Oc1ccc(F)cc1C#N. The lowest BCUT2D eigenvalue weighted by atomic mass is 9.86. The summed E-state index contributed by atoms with van der Waals surface area (Å²) < 4.78 is 19.0. The highest BCUT2D eigenvalue weighted by Crippen LogP contribution is 2.34. The molecule has 3 heteroatoms. The summed E-state index contributed by atoms with van der Waals surface area (Å²) in [6.45, 7) is 6.27. The van der Waals surface area contributed by atoms with Crippen molar-refractivity contribution in [2.24, 2.45) is 0 Å². The lowest BCUT2D eigenvalue weighted by Crippen LogP contribution is -2.12. The Morgan fingerprint density at radius 1 is 1.05 bits per heavy atom. The highest BCUT2D eigenvalue weighted by atomic mass is 19.1. The smallest absolute Gasteiger partial charge is 0.145 e. The van der Waals surface area contributed by atoms with Gasteiger partial charge in [-0.05, 0) is 29.7 Å². The molecule has 102 valence electrons. The molecule has 0 unspecified atom stereocenters. The zero-order valence-electron chi connectivity index (χ0n) is 11.8. The molecule has 0 saturated carbocycles. The molecule has 0 bridgehead atoms. The number of hydrogen-bond donors (Lipinski definition) is 0. The summed E-state index contributed by atoms with van der Waals surface area (Å²) in [7, 11) is 0. The van der Waals surface area contributed by atoms with Gasteiger partial charge in [0.05, 0.1) is 5.56 Å². The number of benzene rings is 2. The van der Waals surface area contributed by atoms with Gasteiger partial charge in [-0.2, -0.15) is 5.26 Å². The van der Waals surface area contributed by atoms with E-state index in [4.69, 9.17) is 10.00 Å². The molecule has 0 aliphatic heterocycles. The van der Waals surface area contributed by atoms with E-state index in [1.807, 2.05) is 30.3 Å². The lowest BCUT2D eigenvalue weighted by molar-refractivity contribution is 0.452. The molecule has 2 aromatic rings. The molecule has 0 atom stereocenters. The lowest BCUT2D eigenvalue weighted by Gasteiger charge is -2.22. The van der Waals surface area contributed by atoms with Crippen molar-refractivity contribution in [3.05, 3.63) is 59.4 Å². The summed E-state index contributed by atoms with van der Waals surface area (Å²) in [5.41, 5.74) is 1.14. The highest BCUT2D eigenvalue weighted by molar-refractivity contribution is 5.48. The third-order valence-corrected chi connectivity index (χ3v) is 2.98. The summed E-state index contributed by atoms with van der Waals surface area (Å²) in [6.07, 6.45) is 0. The second kappa shape index (κ2) is 5.34. The average Bonchev–Trinajstić information content (AvgIpc) is 2.40. The molecule has 0 aromatic heterocycles. The summed E-state index contributed by atoms with van der Waals surface area (Å²) in [4.78, 5) is 0. The monoisotopic (exact) mass is 269 g/mol. The maximum Gasteiger partial charge on any atom is 0.145 e. The zero-order valence-corrected chi connectivity index (χ0v) is 11.8. The molecule has 2 nitrogen and oxygen atoms in total. The fourth-order valence-corrected chi connectivity index (χ4v) is 1.97. The van der Waals surface area contributed by atoms with Crippen LogP contribution in [0.5, 0.6) is 11.5 Å². The van der Waals surface area contributed by atoms with Crippen LogP contribution in [0.3, 0.4) is 0 Å². The van der Waals surface area contributed by atoms with Crippen LogP contribution in [0.4, 0.5) is 4.39 Å². The van der Waals surface area contributed by atoms with E-state index in [1.54, 1.807) is 0 Å². The molecular weight excluding hydrogens is 253 g/mol. The third kappa shape index (κ3) is 2.97. The van der Waals surface area contributed by atoms with Crippen molar-refractivity contribution < 1.29 is 9.13 Å². The number of halogens is 1. The van der Waals surface area contributed by atoms with Crippen LogP contribution in [0.15, 0.2) is 42.5 Å². The van der Waals surface area contributed by atoms with Gasteiger partial charge in [-0.3, -0.25) is 0 Å². The first kappa shape index (κ1) is 14.1. The van der Waals surface area contributed by atoms with Gasteiger partial charge in [0.2, 0.25) is 0 Å². The minimum absolute atomic E-state index is 0.0799. The summed E-state index contributed by atoms with van der Waals surface area (Å²) in [5.74, 6) is 0.603. The fraction of sp³-hybridized carbons (Fsp3) is 0.235. The summed E-state index contributed by atoms with van der Waals surface area (Å²) in [5, 5.41) is 9.05. The van der Waals surface area contributed by atoms with Crippen LogP contribution in [0, 0.1) is 17.1 Å². The molecular formula is C17H16FNO. The van der Waals surface area contributed by atoms with Crippen molar-refractivity contribution in [2.75, 3.05) is 0 Å². The summed E-state index contributed by atoms with van der Waals surface area (Å²) in [6, 6.07) is 13.6. The maximum atomic E-state index is 13.1. The molecule has 0 aliphatic carbocycles. The number of ether oxygens (including phenoxy) is 1. The van der Waals surface area contributed by atoms with Crippen molar-refractivity contribution in [3.63, 3.8) is 0 Å². The van der Waals surface area contributed by atoms with E-state index >= 15 is 0 Å². The highest BCUT2D eigenvalue weighted by Gasteiger charge is 2.19. The first-order valence-electron chi connectivity index (χ1n) is 6.39. The number of rotatable bonds is 2. The molecule has 0 saturated heterocycles. The molecule has 0 aliphatic rings. The van der Waals surface area contributed by atoms with Gasteiger partial charge in [0.25, 0.3) is 0 Å². The van der Waals surface area contributed by atoms with Crippen LogP contribution in [0.2, 0.25) is 0 Å². The molecule has 2 rings (SSSR count). The molecule has 0 fully saturated rings. The molecule has 20 heavy (non-hydrogen) atoms. The van der Waals surface area contributed by atoms with Crippen LogP contribution in [-0.4, -0.2) is 0 Å². The molecule has 0 spiro atoms. The predicted octanol–water partition coefficient (Wildman–Crippen LogP) is 4.79. The van der Waals surface area contributed by atoms with Gasteiger partial charge >= 0.3 is 0 Å². The Balaban J connectivity index is 2.44. The van der Waals surface area contributed by atoms with E-state index in [1.165, 1.54) is 18.2 Å². The number of nitriles is 1. The Hall–Kier alpha value is -2.34. The zero-order chi connectivity index (χ0) is 14.8. The normalized spacial score (nSPS) is 10.9. The van der Waals surface area contributed by atoms with E-state index in [0.717, 1.165) is 5.56 Å². The number of hydrogen-bond acceptors (Lipinski definition) is 2. The second-order valence-corrected chi connectivity index (χ2v) is 5.60. The van der Waals surface area contributed by atoms with Crippen molar-refractivity contribution in [2.45, 2.75) is 26.2 Å². The summed E-state index contributed by atoms with van der Waals surface area (Å²) >= 11 is 0. The van der Waals surface area contributed by atoms with E-state index < -0.39 is 5.82 Å². The van der Waals surface area contributed by atoms with Gasteiger partial charge in [0.1, 0.15) is 23.4 Å². The molecule has 2 aromatic carbocycles. The Morgan fingerprint density at radius 2 is 1.75 bits per heavy atom. The van der Waals surface area contributed by atoms with Crippen molar-refractivity contribution >= 4 is 0 Å². The van der Waals surface area contributed by atoms with Crippen LogP contribution < -0.4 is 4.74 Å². The Morgan fingerprint density at radius 3 is 2.40 bits per heavy atom. The number of para-hydroxylation sites is 1. The molecule has 0 heterocycles. The first-order chi connectivity index (χ1) is 9.41. The topological polar surface area (TPSA) is 33.0 Å². The minimum Gasteiger partial charge on any atom is -0.456 e. The predicted molar refractivity (Wildman–Crippen MR) is 76.3 cm³/mol. The van der Waals surface area contributed by atoms with E-state index in [9.17, 15) is 4.39 Å². The van der Waals surface area contributed by atoms with E-state index in [2.05, 4.69) is 20.8 Å². The van der Waals surface area contributed by atoms with Gasteiger partial charge in [0.15, 0.2) is 0 Å². The Kier molecular flexibility index (Phi) is 3.76. The molecule has 0 radical (unpaired) electrons. The quantitative estimate of drug-likeness (QED) is 0.785. The van der Waals surface area contributed by atoms with Gasteiger partial charge in [-0.1, -0.05) is 39.0 Å². The van der Waals surface area contributed by atoms with Crippen LogP contribution in [0.25, 0.3) is 0 Å². The van der Waals surface area contributed by atoms with E-state index in [0.29, 0.717) is 11.5 Å². The van der Waals surface area contributed by atoms with Crippen LogP contribution in [-0.2, 0) is 5.41 Å². The minimum atomic E-state index is -0.446. The number of nitrogens with zero attached hydrogens (tertiary/aromatic N) is 1. The third-order valence-electron chi connectivity index (χ3n) is 2.98. The van der Waals surface area contributed by atoms with Crippen molar-refractivity contribution in [3.8, 4) is 17.6 Å². The largest absolute Gasteiger partial charge is 0.456 e. The van der Waals surface area contributed by atoms with Crippen LogP contribution in [0.1, 0.15) is 31.9 Å². The first-order valence-corrected chi connectivity index (χ1v) is 6.39. The van der Waals surface area contributed by atoms with Crippen molar-refractivity contribution in [1.82, 2.24) is 0 Å². The average molecular weight is 269 g/mol. The molecule has 0 amide bonds. The van der Waals surface area contributed by atoms with E-state index in [-0.39, 0.29) is 11.0 Å². The van der Waals surface area contributed by atoms with Crippen LogP contribution >= 0.6 is 0 Å². The Labute approximate surface area is 118 Å². The van der Waals surface area contributed by atoms with Gasteiger partial charge in [-0.15, -0.1) is 0 Å². The van der Waals surface area contributed by atoms with Gasteiger partial charge in [0, 0.05) is 5.56 Å². The van der Waals surface area contributed by atoms with Crippen molar-refractivity contribution in [1.29, 1.82) is 5.26 Å². The van der Waals surface area contributed by atoms with Gasteiger partial charge in [-0.25, -0.2) is 4.39 Å². The second-order valence-electron chi connectivity index (χ2n) is 5.60. The van der Waals surface area contributed by atoms with Gasteiger partial charge < -0.3 is 4.74 Å². The fourth-order valence-electron chi connectivity index (χ4n) is 1.97. The standard InChI is InChI=1S/C17H16FNO/c1-17(2,3)14-6-4-5-7-16(14)20-15-9-8-13(18)10-12(15)11-19/h4-10H,1-3H3.